The van der Waals surface area contributed by atoms with E-state index >= 15 is 0 Å². The Hall–Kier alpha value is -1.59. The van der Waals surface area contributed by atoms with Crippen LogP contribution in [-0.4, -0.2) is 4.92 Å². The van der Waals surface area contributed by atoms with Crippen molar-refractivity contribution in [2.24, 2.45) is 0 Å². The van der Waals surface area contributed by atoms with Crippen LogP contribution < -0.4 is 5.32 Å². The molecule has 0 atom stereocenters. The van der Waals surface area contributed by atoms with Gasteiger partial charge in [-0.05, 0) is 23.8 Å². The van der Waals surface area contributed by atoms with Gasteiger partial charge in [-0.25, -0.2) is 0 Å². The molecular weight excluding hydrogens is 332 g/mol. The van der Waals surface area contributed by atoms with Crippen molar-refractivity contribution in [3.8, 4) is 0 Å². The highest BCUT2D eigenvalue weighted by Gasteiger charge is 2.15. The number of halogens is 2. The van der Waals surface area contributed by atoms with Crippen LogP contribution in [0.5, 0.6) is 0 Å². The molecule has 2 aromatic rings. The molecule has 0 bridgehead atoms. The average Bonchev–Trinajstić information content (AvgIpc) is 2.39. The number of anilines is 1. The molecule has 19 heavy (non-hydrogen) atoms. The van der Waals surface area contributed by atoms with Gasteiger partial charge in [-0.15, -0.1) is 0 Å². The van der Waals surface area contributed by atoms with E-state index < -0.39 is 4.92 Å². The van der Waals surface area contributed by atoms with Crippen LogP contribution in [0.1, 0.15) is 5.56 Å². The highest BCUT2D eigenvalue weighted by molar-refractivity contribution is 9.10. The Bertz CT molecular complexity index is 602. The Morgan fingerprint density at radius 1 is 1.21 bits per heavy atom. The number of benzene rings is 2. The maximum Gasteiger partial charge on any atom is 0.293 e. The van der Waals surface area contributed by atoms with Crippen LogP contribution in [0.25, 0.3) is 0 Å². The topological polar surface area (TPSA) is 55.2 Å². The lowest BCUT2D eigenvalue weighted by molar-refractivity contribution is -0.383. The molecule has 4 nitrogen and oxygen atoms in total. The van der Waals surface area contributed by atoms with Gasteiger partial charge in [-0.1, -0.05) is 45.7 Å². The molecule has 0 unspecified atom stereocenters. The van der Waals surface area contributed by atoms with Crippen LogP contribution in [0.3, 0.4) is 0 Å². The van der Waals surface area contributed by atoms with Crippen molar-refractivity contribution in [3.05, 3.63) is 67.6 Å². The van der Waals surface area contributed by atoms with Crippen molar-refractivity contribution in [1.82, 2.24) is 0 Å². The van der Waals surface area contributed by atoms with Gasteiger partial charge in [-0.3, -0.25) is 10.1 Å². The van der Waals surface area contributed by atoms with Gasteiger partial charge >= 0.3 is 0 Å². The zero-order chi connectivity index (χ0) is 13.8. The molecule has 0 saturated heterocycles. The van der Waals surface area contributed by atoms with E-state index in [1.807, 2.05) is 24.3 Å². The number of nitrogens with one attached hydrogen (secondary N) is 1. The summed E-state index contributed by atoms with van der Waals surface area (Å²) in [6, 6.07) is 12.3. The van der Waals surface area contributed by atoms with Gasteiger partial charge in [-0.2, -0.15) is 0 Å². The molecule has 1 N–H and O–H groups in total. The van der Waals surface area contributed by atoms with E-state index in [4.69, 9.17) is 11.6 Å². The molecule has 0 amide bonds. The minimum Gasteiger partial charge on any atom is -0.374 e. The van der Waals surface area contributed by atoms with Crippen molar-refractivity contribution >= 4 is 38.9 Å². The summed E-state index contributed by atoms with van der Waals surface area (Å²) in [6.07, 6.45) is 0. The van der Waals surface area contributed by atoms with E-state index in [0.717, 1.165) is 10.0 Å². The number of para-hydroxylation sites is 1. The summed E-state index contributed by atoms with van der Waals surface area (Å²) in [5.74, 6) is 0. The van der Waals surface area contributed by atoms with Crippen LogP contribution in [-0.2, 0) is 6.54 Å². The first-order valence-corrected chi connectivity index (χ1v) is 6.66. The maximum absolute atomic E-state index is 10.9. The minimum atomic E-state index is -0.449. The second-order valence-electron chi connectivity index (χ2n) is 3.87. The summed E-state index contributed by atoms with van der Waals surface area (Å²) in [5.41, 5.74) is 1.33. The lowest BCUT2D eigenvalue weighted by Crippen LogP contribution is -2.03. The molecule has 0 radical (unpaired) electrons. The Kier molecular flexibility index (Phi) is 4.39. The molecule has 6 heteroatoms. The molecule has 2 rings (SSSR count). The fourth-order valence-electron chi connectivity index (χ4n) is 1.63. The number of hydrogen-bond acceptors (Lipinski definition) is 3. The first-order chi connectivity index (χ1) is 9.08. The first kappa shape index (κ1) is 13.8. The fourth-order valence-corrected chi connectivity index (χ4v) is 2.13. The zero-order valence-electron chi connectivity index (χ0n) is 9.77. The molecule has 0 aliphatic carbocycles. The Balaban J connectivity index is 2.19. The Labute approximate surface area is 123 Å². The van der Waals surface area contributed by atoms with E-state index in [1.54, 1.807) is 12.1 Å². The lowest BCUT2D eigenvalue weighted by Gasteiger charge is -2.09. The van der Waals surface area contributed by atoms with Gasteiger partial charge in [0.25, 0.3) is 5.69 Å². The van der Waals surface area contributed by atoms with E-state index in [-0.39, 0.29) is 5.69 Å². The SMILES string of the molecule is O=[N+]([O-])c1cccc(Cl)c1NCc1ccc(Br)cc1. The second-order valence-corrected chi connectivity index (χ2v) is 5.19. The summed E-state index contributed by atoms with van der Waals surface area (Å²) in [5, 5.41) is 14.3. The normalized spacial score (nSPS) is 10.2. The first-order valence-electron chi connectivity index (χ1n) is 5.49. The monoisotopic (exact) mass is 340 g/mol. The summed E-state index contributed by atoms with van der Waals surface area (Å²) >= 11 is 9.34. The Morgan fingerprint density at radius 3 is 2.53 bits per heavy atom. The Morgan fingerprint density at radius 2 is 1.89 bits per heavy atom. The smallest absolute Gasteiger partial charge is 0.293 e. The third-order valence-electron chi connectivity index (χ3n) is 2.57. The highest BCUT2D eigenvalue weighted by atomic mass is 79.9. The molecule has 0 heterocycles. The highest BCUT2D eigenvalue weighted by Crippen LogP contribution is 2.32. The van der Waals surface area contributed by atoms with Crippen molar-refractivity contribution in [3.63, 3.8) is 0 Å². The lowest BCUT2D eigenvalue weighted by atomic mass is 10.2. The van der Waals surface area contributed by atoms with Crippen LogP contribution >= 0.6 is 27.5 Å². The standard InChI is InChI=1S/C13H10BrClN2O2/c14-10-6-4-9(5-7-10)8-16-13-11(15)2-1-3-12(13)17(18)19/h1-7,16H,8H2. The van der Waals surface area contributed by atoms with Gasteiger partial charge in [0.15, 0.2) is 0 Å². The molecule has 0 fully saturated rings. The number of hydrogen-bond donors (Lipinski definition) is 1. The van der Waals surface area contributed by atoms with E-state index in [2.05, 4.69) is 21.2 Å². The molecule has 0 aliphatic rings. The zero-order valence-corrected chi connectivity index (χ0v) is 12.1. The summed E-state index contributed by atoms with van der Waals surface area (Å²) in [4.78, 5) is 10.5. The number of nitrogens with zero attached hydrogens (tertiary/aromatic N) is 1. The predicted molar refractivity (Wildman–Crippen MR) is 79.6 cm³/mol. The molecule has 0 aliphatic heterocycles. The van der Waals surface area contributed by atoms with Crippen molar-refractivity contribution in [1.29, 1.82) is 0 Å². The van der Waals surface area contributed by atoms with Crippen LogP contribution in [0.4, 0.5) is 11.4 Å². The summed E-state index contributed by atoms with van der Waals surface area (Å²) in [6.45, 7) is 0.470. The minimum absolute atomic E-state index is 0.0235. The molecule has 98 valence electrons. The molecule has 0 aromatic heterocycles. The average molecular weight is 342 g/mol. The van der Waals surface area contributed by atoms with Crippen molar-refractivity contribution < 1.29 is 4.92 Å². The maximum atomic E-state index is 10.9. The molecule has 0 spiro atoms. The fraction of sp³-hybridized carbons (Fsp3) is 0.0769. The van der Waals surface area contributed by atoms with Gasteiger partial charge in [0.1, 0.15) is 5.69 Å². The third-order valence-corrected chi connectivity index (χ3v) is 3.41. The van der Waals surface area contributed by atoms with Gasteiger partial charge in [0.05, 0.1) is 9.95 Å². The van der Waals surface area contributed by atoms with Crippen LogP contribution in [0.2, 0.25) is 5.02 Å². The molecule has 2 aromatic carbocycles. The van der Waals surface area contributed by atoms with E-state index in [0.29, 0.717) is 17.3 Å². The summed E-state index contributed by atoms with van der Waals surface area (Å²) in [7, 11) is 0. The predicted octanol–water partition coefficient (Wildman–Crippen LogP) is 4.62. The van der Waals surface area contributed by atoms with Crippen LogP contribution in [0, 0.1) is 10.1 Å². The van der Waals surface area contributed by atoms with Gasteiger partial charge in [0.2, 0.25) is 0 Å². The van der Waals surface area contributed by atoms with Gasteiger partial charge in [0, 0.05) is 17.1 Å². The number of nitro groups is 1. The largest absolute Gasteiger partial charge is 0.374 e. The van der Waals surface area contributed by atoms with Crippen molar-refractivity contribution in [2.45, 2.75) is 6.54 Å². The third kappa shape index (κ3) is 3.45. The molecular formula is C13H10BrClN2O2. The van der Waals surface area contributed by atoms with E-state index in [9.17, 15) is 10.1 Å². The van der Waals surface area contributed by atoms with Gasteiger partial charge < -0.3 is 5.32 Å². The summed E-state index contributed by atoms with van der Waals surface area (Å²) < 4.78 is 0.986. The van der Waals surface area contributed by atoms with E-state index in [1.165, 1.54) is 6.07 Å². The number of nitro benzene ring substituents is 1. The van der Waals surface area contributed by atoms with Crippen LogP contribution in [0.15, 0.2) is 46.9 Å². The quantitative estimate of drug-likeness (QED) is 0.652. The number of rotatable bonds is 4. The second kappa shape index (κ2) is 6.04. The van der Waals surface area contributed by atoms with Crippen molar-refractivity contribution in [2.75, 3.05) is 5.32 Å². The molecule has 0 saturated carbocycles.